The third-order valence-electron chi connectivity index (χ3n) is 5.11. The maximum atomic E-state index is 13.1. The second kappa shape index (κ2) is 11.3. The minimum absolute atomic E-state index is 0.200. The van der Waals surface area contributed by atoms with E-state index in [0.717, 1.165) is 68.8 Å². The maximum absolute atomic E-state index is 13.1. The van der Waals surface area contributed by atoms with Crippen molar-refractivity contribution < 1.29 is 9.13 Å². The number of pyridine rings is 1. The average molecular weight is 415 g/mol. The lowest BCUT2D eigenvalue weighted by molar-refractivity contribution is 0.195. The molecule has 0 spiro atoms. The fourth-order valence-electron chi connectivity index (χ4n) is 3.42. The van der Waals surface area contributed by atoms with E-state index in [-0.39, 0.29) is 5.82 Å². The Bertz CT molecular complexity index is 806. The van der Waals surface area contributed by atoms with Gasteiger partial charge in [-0.25, -0.2) is 9.37 Å². The third kappa shape index (κ3) is 6.32. The highest BCUT2D eigenvalue weighted by Gasteiger charge is 2.18. The number of aromatic nitrogens is 1. The molecule has 0 aliphatic carbocycles. The van der Waals surface area contributed by atoms with Gasteiger partial charge in [-0.05, 0) is 48.4 Å². The van der Waals surface area contributed by atoms with Crippen molar-refractivity contribution in [3.63, 3.8) is 0 Å². The molecule has 7 nitrogen and oxygen atoms in total. The summed E-state index contributed by atoms with van der Waals surface area (Å²) in [5, 5.41) is 6.62. The Balaban J connectivity index is 1.50. The molecule has 0 unspecified atom stereocenters. The minimum Gasteiger partial charge on any atom is -0.385 e. The highest BCUT2D eigenvalue weighted by molar-refractivity contribution is 5.79. The summed E-state index contributed by atoms with van der Waals surface area (Å²) in [7, 11) is 3.47. The van der Waals surface area contributed by atoms with Crippen molar-refractivity contribution in [2.75, 3.05) is 63.3 Å². The van der Waals surface area contributed by atoms with Gasteiger partial charge in [-0.3, -0.25) is 4.99 Å². The van der Waals surface area contributed by atoms with Crippen molar-refractivity contribution in [3.05, 3.63) is 54.0 Å². The number of methoxy groups -OCH3 is 1. The van der Waals surface area contributed by atoms with Crippen LogP contribution in [-0.4, -0.2) is 64.4 Å². The lowest BCUT2D eigenvalue weighted by Crippen LogP contribution is -2.46. The van der Waals surface area contributed by atoms with E-state index in [0.29, 0.717) is 6.54 Å². The zero-order chi connectivity index (χ0) is 21.2. The largest absolute Gasteiger partial charge is 0.385 e. The number of anilines is 2. The van der Waals surface area contributed by atoms with E-state index in [2.05, 4.69) is 36.5 Å². The Labute approximate surface area is 178 Å². The summed E-state index contributed by atoms with van der Waals surface area (Å²) in [4.78, 5) is 13.4. The fraction of sp³-hybridized carbons (Fsp3) is 0.455. The predicted molar refractivity (Wildman–Crippen MR) is 120 cm³/mol. The molecule has 1 aromatic heterocycles. The molecule has 3 rings (SSSR count). The number of hydrogen-bond donors (Lipinski definition) is 2. The Hall–Kier alpha value is -2.87. The number of nitrogens with one attached hydrogen (secondary N) is 2. The van der Waals surface area contributed by atoms with Crippen LogP contribution in [0.3, 0.4) is 0 Å². The van der Waals surface area contributed by atoms with E-state index in [1.54, 1.807) is 14.2 Å². The molecule has 2 heterocycles. The average Bonchev–Trinajstić information content (AvgIpc) is 2.79. The SMILES string of the molecule is CN=C(NCCCOC)NCc1ccnc(N2CCN(c3ccc(F)cc3)CC2)c1. The van der Waals surface area contributed by atoms with Gasteiger partial charge < -0.3 is 25.2 Å². The van der Waals surface area contributed by atoms with Crippen molar-refractivity contribution in [2.45, 2.75) is 13.0 Å². The summed E-state index contributed by atoms with van der Waals surface area (Å²) >= 11 is 0. The number of guanidine groups is 1. The monoisotopic (exact) mass is 414 g/mol. The number of nitrogens with zero attached hydrogens (tertiary/aromatic N) is 4. The van der Waals surface area contributed by atoms with Gasteiger partial charge in [0.2, 0.25) is 0 Å². The molecule has 2 N–H and O–H groups in total. The molecule has 0 amide bonds. The van der Waals surface area contributed by atoms with Crippen molar-refractivity contribution in [2.24, 2.45) is 4.99 Å². The van der Waals surface area contributed by atoms with Crippen LogP contribution >= 0.6 is 0 Å². The van der Waals surface area contributed by atoms with Gasteiger partial charge in [0.05, 0.1) is 0 Å². The van der Waals surface area contributed by atoms with Crippen LogP contribution in [0.1, 0.15) is 12.0 Å². The van der Waals surface area contributed by atoms with Gasteiger partial charge in [-0.2, -0.15) is 0 Å². The van der Waals surface area contributed by atoms with Crippen LogP contribution in [0.4, 0.5) is 15.9 Å². The van der Waals surface area contributed by atoms with Crippen LogP contribution in [0.15, 0.2) is 47.6 Å². The topological polar surface area (TPSA) is 65.0 Å². The van der Waals surface area contributed by atoms with Crippen LogP contribution in [0.25, 0.3) is 0 Å². The number of halogens is 1. The maximum Gasteiger partial charge on any atom is 0.191 e. The van der Waals surface area contributed by atoms with E-state index in [1.165, 1.54) is 12.1 Å². The molecular formula is C22H31FN6O. The molecule has 1 aromatic carbocycles. The standard InChI is InChI=1S/C22H31FN6O/c1-24-22(26-9-3-15-30-2)27-17-18-8-10-25-21(16-18)29-13-11-28(12-14-29)20-6-4-19(23)5-7-20/h4-8,10,16H,3,9,11-15,17H2,1-2H3,(H2,24,26,27). The van der Waals surface area contributed by atoms with Gasteiger partial charge in [-0.15, -0.1) is 0 Å². The highest BCUT2D eigenvalue weighted by Crippen LogP contribution is 2.20. The predicted octanol–water partition coefficient (Wildman–Crippen LogP) is 2.25. The number of ether oxygens (including phenoxy) is 1. The van der Waals surface area contributed by atoms with E-state index in [9.17, 15) is 4.39 Å². The van der Waals surface area contributed by atoms with Gasteiger partial charge in [0, 0.05) is 71.9 Å². The number of aliphatic imine (C=N–C) groups is 1. The van der Waals surface area contributed by atoms with E-state index in [4.69, 9.17) is 4.74 Å². The zero-order valence-corrected chi connectivity index (χ0v) is 17.8. The van der Waals surface area contributed by atoms with E-state index < -0.39 is 0 Å². The first kappa shape index (κ1) is 21.8. The second-order valence-electron chi connectivity index (χ2n) is 7.17. The quantitative estimate of drug-likeness (QED) is 0.392. The van der Waals surface area contributed by atoms with Gasteiger partial charge >= 0.3 is 0 Å². The molecule has 1 aliphatic rings. The van der Waals surface area contributed by atoms with Crippen LogP contribution in [0.5, 0.6) is 0 Å². The van der Waals surface area contributed by atoms with E-state index >= 15 is 0 Å². The summed E-state index contributed by atoms with van der Waals surface area (Å²) in [5.74, 6) is 1.56. The van der Waals surface area contributed by atoms with Gasteiger partial charge in [0.25, 0.3) is 0 Å². The molecule has 0 saturated carbocycles. The number of rotatable bonds is 8. The first-order valence-corrected chi connectivity index (χ1v) is 10.3. The van der Waals surface area contributed by atoms with Gasteiger partial charge in [0.15, 0.2) is 5.96 Å². The first-order valence-electron chi connectivity index (χ1n) is 10.3. The molecule has 2 aromatic rings. The van der Waals surface area contributed by atoms with Gasteiger partial charge in [0.1, 0.15) is 11.6 Å². The first-order chi connectivity index (χ1) is 14.7. The van der Waals surface area contributed by atoms with Gasteiger partial charge in [-0.1, -0.05) is 0 Å². The summed E-state index contributed by atoms with van der Waals surface area (Å²) in [6.45, 7) is 5.74. The molecule has 1 fully saturated rings. The number of benzene rings is 1. The lowest BCUT2D eigenvalue weighted by Gasteiger charge is -2.36. The summed E-state index contributed by atoms with van der Waals surface area (Å²) in [5.41, 5.74) is 2.21. The van der Waals surface area contributed by atoms with Crippen molar-refractivity contribution in [1.82, 2.24) is 15.6 Å². The highest BCUT2D eigenvalue weighted by atomic mass is 19.1. The van der Waals surface area contributed by atoms with Crippen LogP contribution < -0.4 is 20.4 Å². The van der Waals surface area contributed by atoms with Crippen molar-refractivity contribution in [3.8, 4) is 0 Å². The zero-order valence-electron chi connectivity index (χ0n) is 17.8. The Morgan fingerprint density at radius 2 is 1.83 bits per heavy atom. The smallest absolute Gasteiger partial charge is 0.191 e. The molecule has 0 bridgehead atoms. The molecule has 1 aliphatic heterocycles. The lowest BCUT2D eigenvalue weighted by atomic mass is 10.2. The molecule has 8 heteroatoms. The summed E-state index contributed by atoms with van der Waals surface area (Å²) in [6.07, 6.45) is 2.79. The van der Waals surface area contributed by atoms with E-state index in [1.807, 2.05) is 24.4 Å². The van der Waals surface area contributed by atoms with Crippen molar-refractivity contribution >= 4 is 17.5 Å². The molecule has 1 saturated heterocycles. The normalized spacial score (nSPS) is 14.7. The number of piperazine rings is 1. The molecule has 30 heavy (non-hydrogen) atoms. The Morgan fingerprint density at radius 3 is 2.53 bits per heavy atom. The summed E-state index contributed by atoms with van der Waals surface area (Å²) in [6, 6.07) is 10.8. The molecule has 0 atom stereocenters. The second-order valence-corrected chi connectivity index (χ2v) is 7.17. The van der Waals surface area contributed by atoms with Crippen LogP contribution in [0.2, 0.25) is 0 Å². The molecule has 0 radical (unpaired) electrons. The van der Waals surface area contributed by atoms with Crippen LogP contribution in [-0.2, 0) is 11.3 Å². The number of hydrogen-bond acceptors (Lipinski definition) is 5. The Morgan fingerprint density at radius 1 is 1.10 bits per heavy atom. The minimum atomic E-state index is -0.200. The fourth-order valence-corrected chi connectivity index (χ4v) is 3.42. The summed E-state index contributed by atoms with van der Waals surface area (Å²) < 4.78 is 18.2. The Kier molecular flexibility index (Phi) is 8.26. The van der Waals surface area contributed by atoms with Crippen LogP contribution in [0, 0.1) is 5.82 Å². The molecule has 162 valence electrons. The molecular weight excluding hydrogens is 383 g/mol. The third-order valence-corrected chi connectivity index (χ3v) is 5.11. The van der Waals surface area contributed by atoms with Crippen molar-refractivity contribution in [1.29, 1.82) is 0 Å².